The van der Waals surface area contributed by atoms with Crippen LogP contribution < -0.4 is 9.64 Å². The number of aryl methyl sites for hydroxylation is 1. The zero-order valence-electron chi connectivity index (χ0n) is 18.6. The fourth-order valence-electron chi connectivity index (χ4n) is 4.26. The molecule has 3 heterocycles. The molecule has 1 amide bonds. The van der Waals surface area contributed by atoms with Crippen molar-refractivity contribution in [2.75, 3.05) is 38.2 Å². The Morgan fingerprint density at radius 2 is 1.94 bits per heavy atom. The summed E-state index contributed by atoms with van der Waals surface area (Å²) >= 11 is 1.51. The molecule has 0 N–H and O–H groups in total. The van der Waals surface area contributed by atoms with Crippen LogP contribution in [0.25, 0.3) is 0 Å². The third kappa shape index (κ3) is 4.35. The number of nitrogens with zero attached hydrogens (tertiary/aromatic N) is 4. The molecule has 7 heteroatoms. The fraction of sp³-hybridized carbons (Fsp3) is 0.400. The van der Waals surface area contributed by atoms with Gasteiger partial charge in [-0.1, -0.05) is 18.2 Å². The lowest BCUT2D eigenvalue weighted by Crippen LogP contribution is -2.49. The first-order valence-corrected chi connectivity index (χ1v) is 12.1. The van der Waals surface area contributed by atoms with Crippen LogP contribution in [-0.4, -0.2) is 54.1 Å². The second kappa shape index (κ2) is 8.90. The minimum absolute atomic E-state index is 0.133. The fourth-order valence-corrected chi connectivity index (χ4v) is 4.95. The van der Waals surface area contributed by atoms with Crippen LogP contribution in [0.3, 0.4) is 0 Å². The lowest BCUT2D eigenvalue weighted by molar-refractivity contribution is 0.0751. The number of hydrogen-bond donors (Lipinski definition) is 0. The van der Waals surface area contributed by atoms with Gasteiger partial charge in [0.05, 0.1) is 12.0 Å². The highest BCUT2D eigenvalue weighted by Crippen LogP contribution is 2.39. The van der Waals surface area contributed by atoms with Gasteiger partial charge in [0.1, 0.15) is 17.4 Å². The van der Waals surface area contributed by atoms with E-state index in [0.717, 1.165) is 47.5 Å². The van der Waals surface area contributed by atoms with Crippen molar-refractivity contribution in [2.24, 2.45) is 0 Å². The first-order valence-electron chi connectivity index (χ1n) is 11.2. The summed E-state index contributed by atoms with van der Waals surface area (Å²) < 4.78 is 5.41. The number of carbonyl (C=O) groups excluding carboxylic acids is 1. The first kappa shape index (κ1) is 20.9. The van der Waals surface area contributed by atoms with Crippen molar-refractivity contribution in [3.8, 4) is 5.75 Å². The van der Waals surface area contributed by atoms with Crippen LogP contribution >= 0.6 is 11.3 Å². The third-order valence-corrected chi connectivity index (χ3v) is 7.12. The highest BCUT2D eigenvalue weighted by Gasteiger charge is 2.30. The number of amides is 1. The average molecular weight is 449 g/mol. The van der Waals surface area contributed by atoms with E-state index < -0.39 is 0 Å². The SMILES string of the molecule is COc1cccc(Cc2c(C)nc(C3CC3)nc2N2CCN(C(=O)c3cccs3)CC2)c1. The molecule has 0 unspecified atom stereocenters. The van der Waals surface area contributed by atoms with E-state index in [-0.39, 0.29) is 5.91 Å². The molecular weight excluding hydrogens is 420 g/mol. The smallest absolute Gasteiger partial charge is 0.264 e. The number of aromatic nitrogens is 2. The van der Waals surface area contributed by atoms with Gasteiger partial charge in [0.15, 0.2) is 0 Å². The van der Waals surface area contributed by atoms with Crippen LogP contribution in [0.15, 0.2) is 41.8 Å². The average Bonchev–Trinajstić information content (AvgIpc) is 3.53. The maximum atomic E-state index is 12.8. The van der Waals surface area contributed by atoms with Crippen LogP contribution in [0.5, 0.6) is 5.75 Å². The number of anilines is 1. The lowest BCUT2D eigenvalue weighted by Gasteiger charge is -2.36. The number of rotatable bonds is 6. The van der Waals surface area contributed by atoms with Gasteiger partial charge in [-0.15, -0.1) is 11.3 Å². The Morgan fingerprint density at radius 1 is 1.12 bits per heavy atom. The van der Waals surface area contributed by atoms with Crippen molar-refractivity contribution in [1.29, 1.82) is 0 Å². The van der Waals surface area contributed by atoms with Crippen LogP contribution in [0, 0.1) is 6.92 Å². The molecule has 2 aliphatic rings. The maximum absolute atomic E-state index is 12.8. The number of hydrogen-bond acceptors (Lipinski definition) is 6. The number of thiophene rings is 1. The number of carbonyl (C=O) groups is 1. The van der Waals surface area contributed by atoms with Gasteiger partial charge >= 0.3 is 0 Å². The number of piperazine rings is 1. The molecule has 5 rings (SSSR count). The quantitative estimate of drug-likeness (QED) is 0.563. The highest BCUT2D eigenvalue weighted by atomic mass is 32.1. The molecule has 1 aliphatic heterocycles. The first-order chi connectivity index (χ1) is 15.6. The Morgan fingerprint density at radius 3 is 2.62 bits per heavy atom. The Kier molecular flexibility index (Phi) is 5.83. The van der Waals surface area contributed by atoms with E-state index in [1.807, 2.05) is 34.5 Å². The van der Waals surface area contributed by atoms with Crippen molar-refractivity contribution in [1.82, 2.24) is 14.9 Å². The van der Waals surface area contributed by atoms with Gasteiger partial charge in [0.25, 0.3) is 5.91 Å². The minimum Gasteiger partial charge on any atom is -0.497 e. The second-order valence-electron chi connectivity index (χ2n) is 8.53. The van der Waals surface area contributed by atoms with E-state index in [2.05, 4.69) is 24.0 Å². The summed E-state index contributed by atoms with van der Waals surface area (Å²) in [6.45, 7) is 5.07. The standard InChI is InChI=1S/C25H28N4O2S/c1-17-21(16-18-5-3-6-20(15-18)31-2)24(27-23(26-17)19-8-9-19)28-10-12-29(13-11-28)25(30)22-7-4-14-32-22/h3-7,14-15,19H,8-13,16H2,1-2H3. The molecule has 2 aromatic heterocycles. The van der Waals surface area contributed by atoms with E-state index >= 15 is 0 Å². The number of benzene rings is 1. The van der Waals surface area contributed by atoms with E-state index in [1.54, 1.807) is 7.11 Å². The number of ether oxygens (including phenoxy) is 1. The topological polar surface area (TPSA) is 58.6 Å². The summed E-state index contributed by atoms with van der Waals surface area (Å²) in [6, 6.07) is 12.0. The molecule has 0 atom stereocenters. The van der Waals surface area contributed by atoms with Gasteiger partial charge in [-0.05, 0) is 48.9 Å². The molecule has 3 aromatic rings. The molecule has 2 fully saturated rings. The largest absolute Gasteiger partial charge is 0.497 e. The highest BCUT2D eigenvalue weighted by molar-refractivity contribution is 7.12. The van der Waals surface area contributed by atoms with Crippen LogP contribution in [0.2, 0.25) is 0 Å². The van der Waals surface area contributed by atoms with Gasteiger partial charge < -0.3 is 14.5 Å². The van der Waals surface area contributed by atoms with Gasteiger partial charge in [-0.25, -0.2) is 9.97 Å². The van der Waals surface area contributed by atoms with Gasteiger partial charge in [-0.3, -0.25) is 4.79 Å². The monoisotopic (exact) mass is 448 g/mol. The summed E-state index contributed by atoms with van der Waals surface area (Å²) in [4.78, 5) is 27.8. The summed E-state index contributed by atoms with van der Waals surface area (Å²) in [6.07, 6.45) is 3.12. The molecule has 6 nitrogen and oxygen atoms in total. The van der Waals surface area contributed by atoms with E-state index in [4.69, 9.17) is 14.7 Å². The van der Waals surface area contributed by atoms with Crippen molar-refractivity contribution < 1.29 is 9.53 Å². The van der Waals surface area contributed by atoms with Gasteiger partial charge in [0.2, 0.25) is 0 Å². The van der Waals surface area contributed by atoms with Crippen LogP contribution in [0.1, 0.15) is 51.1 Å². The molecule has 1 aliphatic carbocycles. The van der Waals surface area contributed by atoms with Crippen LogP contribution in [-0.2, 0) is 6.42 Å². The van der Waals surface area contributed by atoms with Crippen LogP contribution in [0.4, 0.5) is 5.82 Å². The Bertz CT molecular complexity index is 1100. The van der Waals surface area contributed by atoms with E-state index in [0.29, 0.717) is 19.0 Å². The van der Waals surface area contributed by atoms with E-state index in [9.17, 15) is 4.79 Å². The molecule has 0 radical (unpaired) electrons. The molecule has 1 saturated heterocycles. The summed E-state index contributed by atoms with van der Waals surface area (Å²) in [5.41, 5.74) is 3.40. The summed E-state index contributed by atoms with van der Waals surface area (Å²) in [7, 11) is 1.69. The lowest BCUT2D eigenvalue weighted by atomic mass is 10.0. The predicted octanol–water partition coefficient (Wildman–Crippen LogP) is 4.29. The Hall–Kier alpha value is -2.93. The molecule has 0 spiro atoms. The summed E-state index contributed by atoms with van der Waals surface area (Å²) in [5, 5.41) is 1.96. The zero-order chi connectivity index (χ0) is 22.1. The maximum Gasteiger partial charge on any atom is 0.264 e. The minimum atomic E-state index is 0.133. The van der Waals surface area contributed by atoms with Crippen molar-refractivity contribution in [3.63, 3.8) is 0 Å². The zero-order valence-corrected chi connectivity index (χ0v) is 19.4. The summed E-state index contributed by atoms with van der Waals surface area (Å²) in [5.74, 6) is 3.50. The molecule has 32 heavy (non-hydrogen) atoms. The predicted molar refractivity (Wildman–Crippen MR) is 127 cm³/mol. The van der Waals surface area contributed by atoms with E-state index in [1.165, 1.54) is 35.3 Å². The molecular formula is C25H28N4O2S. The van der Waals surface area contributed by atoms with Crippen molar-refractivity contribution >= 4 is 23.1 Å². The van der Waals surface area contributed by atoms with Gasteiger partial charge in [-0.2, -0.15) is 0 Å². The molecule has 1 saturated carbocycles. The number of methoxy groups -OCH3 is 1. The molecule has 0 bridgehead atoms. The Labute approximate surface area is 192 Å². The molecule has 166 valence electrons. The van der Waals surface area contributed by atoms with Crippen molar-refractivity contribution in [3.05, 3.63) is 69.3 Å². The Balaban J connectivity index is 1.40. The molecule has 1 aromatic carbocycles. The third-order valence-electron chi connectivity index (χ3n) is 6.27. The second-order valence-corrected chi connectivity index (χ2v) is 9.48. The normalized spacial score (nSPS) is 16.3. The van der Waals surface area contributed by atoms with Crippen molar-refractivity contribution in [2.45, 2.75) is 32.1 Å². The van der Waals surface area contributed by atoms with Gasteiger partial charge in [0, 0.05) is 49.8 Å².